The van der Waals surface area contributed by atoms with Crippen molar-refractivity contribution in [3.05, 3.63) is 68.9 Å². The zero-order valence-electron chi connectivity index (χ0n) is 19.7. The smallest absolute Gasteiger partial charge is 0.269 e. The van der Waals surface area contributed by atoms with Crippen LogP contribution in [-0.2, 0) is 20.0 Å². The van der Waals surface area contributed by atoms with Crippen molar-refractivity contribution in [2.75, 3.05) is 0 Å². The van der Waals surface area contributed by atoms with Gasteiger partial charge in [-0.1, -0.05) is 40.9 Å². The Morgan fingerprint density at radius 1 is 1.05 bits per heavy atom. The van der Waals surface area contributed by atoms with Gasteiger partial charge in [-0.05, 0) is 50.5 Å². The number of nitrogens with zero attached hydrogens (tertiary/aromatic N) is 5. The Bertz CT molecular complexity index is 1910. The fraction of sp³-hybridized carbons (Fsp3) is 0.261. The highest BCUT2D eigenvalue weighted by Gasteiger charge is 2.34. The molecule has 0 radical (unpaired) electrons. The van der Waals surface area contributed by atoms with Crippen molar-refractivity contribution < 1.29 is 16.8 Å². The van der Waals surface area contributed by atoms with Gasteiger partial charge in [-0.15, -0.1) is 21.5 Å². The fourth-order valence-electron chi connectivity index (χ4n) is 4.85. The van der Waals surface area contributed by atoms with Crippen molar-refractivity contribution in [3.63, 3.8) is 0 Å². The number of halogens is 2. The topological polar surface area (TPSA) is 128 Å². The highest BCUT2D eigenvalue weighted by Crippen LogP contribution is 2.38. The molecule has 0 bridgehead atoms. The van der Waals surface area contributed by atoms with E-state index in [1.165, 1.54) is 18.5 Å². The number of fused-ring (bicyclic) bond motifs is 3. The fourth-order valence-corrected chi connectivity index (χ4v) is 9.58. The highest BCUT2D eigenvalue weighted by molar-refractivity contribution is 7.90. The first-order valence-corrected chi connectivity index (χ1v) is 16.0. The van der Waals surface area contributed by atoms with Gasteiger partial charge in [0.15, 0.2) is 11.3 Å². The summed E-state index contributed by atoms with van der Waals surface area (Å²) in [6.07, 6.45) is 4.69. The first kappa shape index (κ1) is 25.7. The average Bonchev–Trinajstić information content (AvgIpc) is 3.63. The van der Waals surface area contributed by atoms with Gasteiger partial charge in [-0.2, -0.15) is 0 Å². The zero-order valence-corrected chi connectivity index (χ0v) is 23.7. The van der Waals surface area contributed by atoms with E-state index in [9.17, 15) is 16.8 Å². The number of thiophene rings is 1. The van der Waals surface area contributed by atoms with Crippen molar-refractivity contribution >= 4 is 71.4 Å². The second kappa shape index (κ2) is 9.28. The van der Waals surface area contributed by atoms with E-state index in [4.69, 9.17) is 23.2 Å². The molecule has 38 heavy (non-hydrogen) atoms. The lowest BCUT2D eigenvalue weighted by Crippen LogP contribution is -2.32. The van der Waals surface area contributed by atoms with Crippen LogP contribution in [0.2, 0.25) is 8.67 Å². The molecule has 198 valence electrons. The first-order valence-electron chi connectivity index (χ1n) is 11.5. The third-order valence-electron chi connectivity index (χ3n) is 6.67. The van der Waals surface area contributed by atoms with E-state index in [0.717, 1.165) is 20.9 Å². The van der Waals surface area contributed by atoms with E-state index in [1.807, 2.05) is 6.92 Å². The molecule has 2 atom stereocenters. The Kier molecular flexibility index (Phi) is 6.28. The molecule has 0 spiro atoms. The minimum absolute atomic E-state index is 0.0329. The maximum Gasteiger partial charge on any atom is 0.269 e. The van der Waals surface area contributed by atoms with E-state index in [2.05, 4.69) is 19.9 Å². The summed E-state index contributed by atoms with van der Waals surface area (Å²) >= 11 is 13.0. The molecule has 4 heterocycles. The summed E-state index contributed by atoms with van der Waals surface area (Å²) in [6.45, 7) is 1.89. The lowest BCUT2D eigenvalue weighted by molar-refractivity contribution is 0.547. The maximum absolute atomic E-state index is 13.4. The van der Waals surface area contributed by atoms with Crippen LogP contribution in [0.1, 0.15) is 36.6 Å². The van der Waals surface area contributed by atoms with Gasteiger partial charge in [0.1, 0.15) is 15.1 Å². The third-order valence-corrected chi connectivity index (χ3v) is 11.6. The van der Waals surface area contributed by atoms with Crippen molar-refractivity contribution in [2.45, 2.75) is 47.9 Å². The molecule has 1 fully saturated rings. The molecule has 6 rings (SSSR count). The quantitative estimate of drug-likeness (QED) is 0.297. The molecule has 0 saturated heterocycles. The van der Waals surface area contributed by atoms with Gasteiger partial charge in [0, 0.05) is 18.2 Å². The number of hydrogen-bond donors (Lipinski definition) is 1. The Labute approximate surface area is 232 Å². The summed E-state index contributed by atoms with van der Waals surface area (Å²) in [6, 6.07) is 9.30. The van der Waals surface area contributed by atoms with E-state index >= 15 is 0 Å². The Morgan fingerprint density at radius 3 is 2.53 bits per heavy atom. The van der Waals surface area contributed by atoms with Gasteiger partial charge in [-0.25, -0.2) is 30.5 Å². The van der Waals surface area contributed by atoms with Crippen LogP contribution in [-0.4, -0.2) is 46.4 Å². The summed E-state index contributed by atoms with van der Waals surface area (Å²) in [7, 11) is -7.72. The van der Waals surface area contributed by atoms with Crippen LogP contribution in [0, 0.1) is 6.92 Å². The molecule has 0 amide bonds. The second-order valence-electron chi connectivity index (χ2n) is 9.17. The van der Waals surface area contributed by atoms with Gasteiger partial charge in [0.2, 0.25) is 10.0 Å². The van der Waals surface area contributed by atoms with Gasteiger partial charge >= 0.3 is 0 Å². The molecular weight excluding hydrogens is 591 g/mol. The van der Waals surface area contributed by atoms with Gasteiger partial charge in [-0.3, -0.25) is 4.40 Å². The minimum atomic E-state index is -3.88. The molecule has 1 aromatic carbocycles. The predicted molar refractivity (Wildman–Crippen MR) is 145 cm³/mol. The van der Waals surface area contributed by atoms with Crippen molar-refractivity contribution in [3.8, 4) is 0 Å². The second-order valence-corrected chi connectivity index (χ2v) is 14.9. The lowest BCUT2D eigenvalue weighted by Gasteiger charge is -2.13. The van der Waals surface area contributed by atoms with E-state index in [-0.39, 0.29) is 31.7 Å². The van der Waals surface area contributed by atoms with Gasteiger partial charge < -0.3 is 0 Å². The normalized spacial score (nSPS) is 18.6. The zero-order chi connectivity index (χ0) is 26.8. The van der Waals surface area contributed by atoms with Crippen LogP contribution < -0.4 is 4.72 Å². The molecule has 0 unspecified atom stereocenters. The van der Waals surface area contributed by atoms with E-state index < -0.39 is 20.0 Å². The Balaban J connectivity index is 1.32. The molecule has 1 aliphatic carbocycles. The van der Waals surface area contributed by atoms with Crippen LogP contribution in [0.25, 0.3) is 16.8 Å². The molecule has 10 nitrogen and oxygen atoms in total. The number of sulfonamides is 1. The van der Waals surface area contributed by atoms with Crippen LogP contribution in [0.15, 0.2) is 58.6 Å². The molecule has 1 N–H and O–H groups in total. The standard InChI is InChI=1S/C23H20Cl2N6O4S3/c1-13-2-6-16(7-3-13)38(34,35)30-9-8-17-23(30)26-12-20-27-28-22(31(17)20)14-4-5-15(10-14)29-37(32,33)18-11-19(24)36-21(18)25/h2-3,6-9,11-12,14-15,29H,4-5,10H2,1H3/t14-,15+/m1/s1. The summed E-state index contributed by atoms with van der Waals surface area (Å²) in [5, 5.41) is 8.61. The molecule has 4 aromatic heterocycles. The van der Waals surface area contributed by atoms with Gasteiger partial charge in [0.25, 0.3) is 10.0 Å². The maximum atomic E-state index is 13.4. The predicted octanol–water partition coefficient (Wildman–Crippen LogP) is 4.61. The molecule has 0 aliphatic heterocycles. The Morgan fingerprint density at radius 2 is 1.82 bits per heavy atom. The van der Waals surface area contributed by atoms with Crippen LogP contribution in [0.3, 0.4) is 0 Å². The van der Waals surface area contributed by atoms with Crippen molar-refractivity contribution in [2.24, 2.45) is 0 Å². The van der Waals surface area contributed by atoms with E-state index in [0.29, 0.717) is 40.6 Å². The Hall–Kier alpha value is -2.55. The van der Waals surface area contributed by atoms with Gasteiger partial charge in [0.05, 0.1) is 20.9 Å². The molecule has 1 saturated carbocycles. The van der Waals surface area contributed by atoms with Crippen LogP contribution in [0.5, 0.6) is 0 Å². The summed E-state index contributed by atoms with van der Waals surface area (Å²) < 4.78 is 58.6. The molecule has 1 aliphatic rings. The van der Waals surface area contributed by atoms with Crippen LogP contribution >= 0.6 is 34.5 Å². The van der Waals surface area contributed by atoms with Crippen LogP contribution in [0.4, 0.5) is 0 Å². The monoisotopic (exact) mass is 610 g/mol. The lowest BCUT2D eigenvalue weighted by atomic mass is 10.1. The summed E-state index contributed by atoms with van der Waals surface area (Å²) in [5.74, 6) is 0.512. The number of benzene rings is 1. The number of nitrogens with one attached hydrogen (secondary N) is 1. The molecular formula is C23H20Cl2N6O4S3. The summed E-state index contributed by atoms with van der Waals surface area (Å²) in [5.41, 5.74) is 2.22. The minimum Gasteiger partial charge on any atom is -0.274 e. The number of hydrogen-bond acceptors (Lipinski definition) is 8. The highest BCUT2D eigenvalue weighted by atomic mass is 35.5. The largest absolute Gasteiger partial charge is 0.274 e. The third kappa shape index (κ3) is 4.31. The van der Waals surface area contributed by atoms with Crippen molar-refractivity contribution in [1.82, 2.24) is 28.3 Å². The van der Waals surface area contributed by atoms with E-state index in [1.54, 1.807) is 34.7 Å². The SMILES string of the molecule is Cc1ccc(S(=O)(=O)n2ccc3c2ncc2nnc([C@@H]4CC[C@H](NS(=O)(=O)c5cc(Cl)sc5Cl)C4)n23)cc1. The van der Waals surface area contributed by atoms with Crippen molar-refractivity contribution in [1.29, 1.82) is 0 Å². The molecule has 15 heteroatoms. The molecule has 5 aromatic rings. The summed E-state index contributed by atoms with van der Waals surface area (Å²) in [4.78, 5) is 4.50. The number of aryl methyl sites for hydroxylation is 1. The number of rotatable bonds is 6. The first-order chi connectivity index (χ1) is 18.0. The number of aromatic nitrogens is 5. The average molecular weight is 612 g/mol.